The largest absolute Gasteiger partial charge is 0.361 e. The minimum absolute atomic E-state index is 0.106. The Balaban J connectivity index is 1.54. The van der Waals surface area contributed by atoms with Gasteiger partial charge in [-0.25, -0.2) is 4.39 Å². The molecule has 0 aliphatic carbocycles. The molecule has 2 heterocycles. The Morgan fingerprint density at radius 1 is 1.04 bits per heavy atom. The minimum atomic E-state index is -0.296. The van der Waals surface area contributed by atoms with Gasteiger partial charge in [-0.1, -0.05) is 0 Å². The SMILES string of the molecule is O=C(Cc1c[nH]c2cc(F)ccc12)Nc1ccc2[nH]ccc2c1. The third kappa shape index (κ3) is 2.57. The van der Waals surface area contributed by atoms with Gasteiger partial charge in [0.15, 0.2) is 0 Å². The van der Waals surface area contributed by atoms with Gasteiger partial charge >= 0.3 is 0 Å². The number of nitrogens with one attached hydrogen (secondary N) is 3. The van der Waals surface area contributed by atoms with E-state index in [0.29, 0.717) is 5.52 Å². The van der Waals surface area contributed by atoms with Crippen molar-refractivity contribution in [1.29, 1.82) is 0 Å². The van der Waals surface area contributed by atoms with Crippen molar-refractivity contribution in [1.82, 2.24) is 9.97 Å². The summed E-state index contributed by atoms with van der Waals surface area (Å²) in [6, 6.07) is 12.2. The number of carbonyl (C=O) groups excluding carboxylic acids is 1. The van der Waals surface area contributed by atoms with E-state index in [4.69, 9.17) is 0 Å². The van der Waals surface area contributed by atoms with Gasteiger partial charge in [-0.05, 0) is 48.0 Å². The molecule has 0 atom stereocenters. The molecule has 23 heavy (non-hydrogen) atoms. The van der Waals surface area contributed by atoms with Crippen molar-refractivity contribution in [3.8, 4) is 0 Å². The molecular formula is C18H14FN3O. The van der Waals surface area contributed by atoms with Crippen molar-refractivity contribution in [2.24, 2.45) is 0 Å². The highest BCUT2D eigenvalue weighted by atomic mass is 19.1. The summed E-state index contributed by atoms with van der Waals surface area (Å²) in [6.45, 7) is 0. The van der Waals surface area contributed by atoms with Gasteiger partial charge in [-0.15, -0.1) is 0 Å². The van der Waals surface area contributed by atoms with Crippen molar-refractivity contribution >= 4 is 33.4 Å². The van der Waals surface area contributed by atoms with Crippen molar-refractivity contribution in [2.75, 3.05) is 5.32 Å². The van der Waals surface area contributed by atoms with Gasteiger partial charge in [0.2, 0.25) is 5.91 Å². The molecule has 0 aliphatic rings. The number of rotatable bonds is 3. The van der Waals surface area contributed by atoms with E-state index < -0.39 is 0 Å². The van der Waals surface area contributed by atoms with Crippen LogP contribution in [-0.2, 0) is 11.2 Å². The first-order valence-electron chi connectivity index (χ1n) is 7.31. The molecule has 0 fully saturated rings. The number of H-pyrrole nitrogens is 2. The van der Waals surface area contributed by atoms with Crippen LogP contribution in [0.25, 0.3) is 21.8 Å². The lowest BCUT2D eigenvalue weighted by atomic mass is 10.1. The topological polar surface area (TPSA) is 60.7 Å². The molecule has 4 rings (SSSR count). The molecule has 2 aromatic carbocycles. The molecule has 0 saturated heterocycles. The zero-order chi connectivity index (χ0) is 15.8. The maximum absolute atomic E-state index is 13.2. The van der Waals surface area contributed by atoms with Gasteiger partial charge in [0.25, 0.3) is 0 Å². The second-order valence-electron chi connectivity index (χ2n) is 5.51. The van der Waals surface area contributed by atoms with E-state index in [9.17, 15) is 9.18 Å². The summed E-state index contributed by atoms with van der Waals surface area (Å²) in [6.07, 6.45) is 3.84. The Hall–Kier alpha value is -3.08. The highest BCUT2D eigenvalue weighted by Gasteiger charge is 2.10. The van der Waals surface area contributed by atoms with Crippen molar-refractivity contribution in [2.45, 2.75) is 6.42 Å². The summed E-state index contributed by atoms with van der Waals surface area (Å²) in [4.78, 5) is 18.4. The molecule has 0 radical (unpaired) electrons. The third-order valence-electron chi connectivity index (χ3n) is 3.92. The fourth-order valence-corrected chi connectivity index (χ4v) is 2.81. The maximum Gasteiger partial charge on any atom is 0.228 e. The average molecular weight is 307 g/mol. The number of halogens is 1. The Labute approximate surface area is 131 Å². The molecule has 5 heteroatoms. The summed E-state index contributed by atoms with van der Waals surface area (Å²) < 4.78 is 13.2. The molecule has 114 valence electrons. The van der Waals surface area contributed by atoms with E-state index in [1.807, 2.05) is 30.5 Å². The molecule has 3 N–H and O–H groups in total. The van der Waals surface area contributed by atoms with Crippen LogP contribution in [0.4, 0.5) is 10.1 Å². The Morgan fingerprint density at radius 2 is 1.96 bits per heavy atom. The summed E-state index contributed by atoms with van der Waals surface area (Å²) in [7, 11) is 0. The van der Waals surface area contributed by atoms with Crippen molar-refractivity contribution in [3.63, 3.8) is 0 Å². The Bertz CT molecular complexity index is 1020. The fraction of sp³-hybridized carbons (Fsp3) is 0.0556. The molecular weight excluding hydrogens is 293 g/mol. The minimum Gasteiger partial charge on any atom is -0.361 e. The first-order chi connectivity index (χ1) is 11.2. The lowest BCUT2D eigenvalue weighted by Crippen LogP contribution is -2.14. The zero-order valence-electron chi connectivity index (χ0n) is 12.2. The predicted octanol–water partition coefficient (Wildman–Crippen LogP) is 3.97. The van der Waals surface area contributed by atoms with Crippen LogP contribution in [0.5, 0.6) is 0 Å². The maximum atomic E-state index is 13.2. The van der Waals surface area contributed by atoms with Crippen LogP contribution in [0.1, 0.15) is 5.56 Å². The number of hydrogen-bond acceptors (Lipinski definition) is 1. The van der Waals surface area contributed by atoms with Gasteiger partial charge in [-0.2, -0.15) is 0 Å². The number of carbonyl (C=O) groups is 1. The van der Waals surface area contributed by atoms with Crippen LogP contribution in [0.2, 0.25) is 0 Å². The van der Waals surface area contributed by atoms with Crippen molar-refractivity contribution < 1.29 is 9.18 Å². The van der Waals surface area contributed by atoms with Crippen LogP contribution >= 0.6 is 0 Å². The van der Waals surface area contributed by atoms with Crippen LogP contribution in [0, 0.1) is 5.82 Å². The summed E-state index contributed by atoms with van der Waals surface area (Å²) in [5.74, 6) is -0.403. The number of benzene rings is 2. The molecule has 1 amide bonds. The normalized spacial score (nSPS) is 11.2. The first kappa shape index (κ1) is 13.6. The quantitative estimate of drug-likeness (QED) is 0.527. The molecule has 4 aromatic rings. The fourth-order valence-electron chi connectivity index (χ4n) is 2.81. The first-order valence-corrected chi connectivity index (χ1v) is 7.31. The molecule has 0 bridgehead atoms. The van der Waals surface area contributed by atoms with Crippen LogP contribution in [0.3, 0.4) is 0 Å². The number of aromatic amines is 2. The van der Waals surface area contributed by atoms with Gasteiger partial charge in [0, 0.05) is 39.9 Å². The van der Waals surface area contributed by atoms with Crippen LogP contribution < -0.4 is 5.32 Å². The monoisotopic (exact) mass is 307 g/mol. The van der Waals surface area contributed by atoms with Crippen LogP contribution in [0.15, 0.2) is 54.9 Å². The lowest BCUT2D eigenvalue weighted by Gasteiger charge is -2.05. The van der Waals surface area contributed by atoms with Gasteiger partial charge in [0.1, 0.15) is 5.82 Å². The highest BCUT2D eigenvalue weighted by molar-refractivity contribution is 5.97. The standard InChI is InChI=1S/C18H14FN3O/c19-13-1-3-15-12(10-21-17(15)9-13)8-18(23)22-14-2-4-16-11(7-14)5-6-20-16/h1-7,9-10,20-21H,8H2,(H,22,23). The number of aromatic nitrogens is 2. The second kappa shape index (κ2) is 5.28. The highest BCUT2D eigenvalue weighted by Crippen LogP contribution is 2.21. The Kier molecular flexibility index (Phi) is 3.12. The molecule has 0 saturated carbocycles. The van der Waals surface area contributed by atoms with E-state index in [0.717, 1.165) is 27.5 Å². The van der Waals surface area contributed by atoms with Gasteiger partial charge in [-0.3, -0.25) is 4.79 Å². The summed E-state index contributed by atoms with van der Waals surface area (Å²) >= 11 is 0. The van der Waals surface area contributed by atoms with E-state index in [1.165, 1.54) is 12.1 Å². The second-order valence-corrected chi connectivity index (χ2v) is 5.51. The molecule has 0 spiro atoms. The van der Waals surface area contributed by atoms with E-state index in [-0.39, 0.29) is 18.1 Å². The molecule has 0 unspecified atom stereocenters. The number of fused-ring (bicyclic) bond motifs is 2. The Morgan fingerprint density at radius 3 is 2.87 bits per heavy atom. The summed E-state index contributed by atoms with van der Waals surface area (Å²) in [5.41, 5.74) is 3.33. The summed E-state index contributed by atoms with van der Waals surface area (Å²) in [5, 5.41) is 4.81. The van der Waals surface area contributed by atoms with Gasteiger partial charge in [0.05, 0.1) is 6.42 Å². The smallest absolute Gasteiger partial charge is 0.228 e. The molecule has 0 aliphatic heterocycles. The third-order valence-corrected chi connectivity index (χ3v) is 3.92. The van der Waals surface area contributed by atoms with E-state index >= 15 is 0 Å². The van der Waals surface area contributed by atoms with Crippen LogP contribution in [-0.4, -0.2) is 15.9 Å². The lowest BCUT2D eigenvalue weighted by molar-refractivity contribution is -0.115. The number of hydrogen-bond donors (Lipinski definition) is 3. The molecule has 2 aromatic heterocycles. The van der Waals surface area contributed by atoms with E-state index in [2.05, 4.69) is 15.3 Å². The predicted molar refractivity (Wildman–Crippen MR) is 88.9 cm³/mol. The van der Waals surface area contributed by atoms with E-state index in [1.54, 1.807) is 12.3 Å². The average Bonchev–Trinajstić information content (AvgIpc) is 3.13. The number of amides is 1. The van der Waals surface area contributed by atoms with Crippen molar-refractivity contribution in [3.05, 3.63) is 66.2 Å². The van der Waals surface area contributed by atoms with Gasteiger partial charge < -0.3 is 15.3 Å². The zero-order valence-corrected chi connectivity index (χ0v) is 12.2. The molecule has 4 nitrogen and oxygen atoms in total. The number of anilines is 1.